The van der Waals surface area contributed by atoms with Gasteiger partial charge in [0.2, 0.25) is 0 Å². The molecule has 0 radical (unpaired) electrons. The number of aromatic nitrogens is 1. The molecule has 0 amide bonds. The molecule has 17 heavy (non-hydrogen) atoms. The first-order valence-corrected chi connectivity index (χ1v) is 4.99. The van der Waals surface area contributed by atoms with Gasteiger partial charge in [-0.15, -0.1) is 0 Å². The van der Waals surface area contributed by atoms with E-state index < -0.39 is 5.97 Å². The maximum absolute atomic E-state index is 11.6. The van der Waals surface area contributed by atoms with Gasteiger partial charge in [-0.2, -0.15) is 0 Å². The van der Waals surface area contributed by atoms with Gasteiger partial charge < -0.3 is 10.1 Å². The van der Waals surface area contributed by atoms with Crippen LogP contribution < -0.4 is 5.43 Å². The van der Waals surface area contributed by atoms with E-state index in [2.05, 4.69) is 16.8 Å². The van der Waals surface area contributed by atoms with Crippen molar-refractivity contribution in [2.75, 3.05) is 0 Å². The van der Waals surface area contributed by atoms with E-state index >= 15 is 0 Å². The third-order valence-corrected chi connectivity index (χ3v) is 2.23. The molecule has 4 nitrogen and oxygen atoms in total. The quantitative estimate of drug-likeness (QED) is 0.722. The number of nitrogens with one attached hydrogen (secondary N) is 1. The molecular formula is C13H9NO3. The van der Waals surface area contributed by atoms with Crippen LogP contribution in [0.15, 0.2) is 35.3 Å². The molecule has 2 rings (SSSR count). The van der Waals surface area contributed by atoms with E-state index in [1.807, 2.05) is 0 Å². The molecule has 2 aromatic rings. The molecule has 2 N–H and O–H groups in total. The molecule has 0 bridgehead atoms. The Hall–Kier alpha value is -2.54. The van der Waals surface area contributed by atoms with Gasteiger partial charge in [0.1, 0.15) is 6.42 Å². The molecule has 0 saturated carbocycles. The van der Waals surface area contributed by atoms with Crippen LogP contribution in [0.2, 0.25) is 0 Å². The summed E-state index contributed by atoms with van der Waals surface area (Å²) < 4.78 is 0. The van der Waals surface area contributed by atoms with Crippen molar-refractivity contribution in [2.24, 2.45) is 0 Å². The predicted octanol–water partition coefficient (Wildman–Crippen LogP) is 1.35. The number of hydrogen-bond acceptors (Lipinski definition) is 2. The first-order chi connectivity index (χ1) is 8.16. The highest BCUT2D eigenvalue weighted by Crippen LogP contribution is 2.08. The van der Waals surface area contributed by atoms with Crippen LogP contribution in [0.3, 0.4) is 0 Å². The molecule has 1 aromatic heterocycles. The van der Waals surface area contributed by atoms with Crippen LogP contribution in [0.5, 0.6) is 0 Å². The lowest BCUT2D eigenvalue weighted by Crippen LogP contribution is -1.99. The normalized spacial score (nSPS) is 9.65. The van der Waals surface area contributed by atoms with E-state index in [-0.39, 0.29) is 11.8 Å². The molecule has 0 atom stereocenters. The van der Waals surface area contributed by atoms with E-state index in [0.29, 0.717) is 10.9 Å². The fourth-order valence-corrected chi connectivity index (χ4v) is 1.47. The van der Waals surface area contributed by atoms with Gasteiger partial charge in [-0.1, -0.05) is 11.8 Å². The van der Waals surface area contributed by atoms with Gasteiger partial charge in [-0.05, 0) is 18.2 Å². The van der Waals surface area contributed by atoms with Crippen molar-refractivity contribution in [1.29, 1.82) is 0 Å². The minimum absolute atomic E-state index is 0.0827. The van der Waals surface area contributed by atoms with Crippen molar-refractivity contribution in [3.05, 3.63) is 46.2 Å². The summed E-state index contributed by atoms with van der Waals surface area (Å²) in [6.07, 6.45) is 1.38. The van der Waals surface area contributed by atoms with Crippen LogP contribution in [0.4, 0.5) is 0 Å². The van der Waals surface area contributed by atoms with Crippen molar-refractivity contribution in [3.63, 3.8) is 0 Å². The number of rotatable bonds is 1. The summed E-state index contributed by atoms with van der Waals surface area (Å²) in [5.74, 6) is 4.27. The van der Waals surface area contributed by atoms with Crippen molar-refractivity contribution in [3.8, 4) is 11.8 Å². The van der Waals surface area contributed by atoms with Crippen molar-refractivity contribution in [2.45, 2.75) is 6.42 Å². The zero-order valence-corrected chi connectivity index (χ0v) is 8.86. The number of aromatic amines is 1. The molecule has 0 aliphatic heterocycles. The molecule has 0 spiro atoms. The first kappa shape index (κ1) is 11.0. The van der Waals surface area contributed by atoms with E-state index in [1.54, 1.807) is 24.4 Å². The van der Waals surface area contributed by atoms with Crippen LogP contribution in [-0.2, 0) is 4.79 Å². The number of hydrogen-bond donors (Lipinski definition) is 2. The minimum Gasteiger partial charge on any atom is -0.481 e. The Balaban J connectivity index is 2.43. The third kappa shape index (κ3) is 2.52. The molecular weight excluding hydrogens is 218 g/mol. The standard InChI is InChI=1S/C13H9NO3/c15-12-6-7-14-11-5-4-9(8-10(11)12)2-1-3-13(16)17/h4-8H,3H2,(H,14,15)(H,16,17). The van der Waals surface area contributed by atoms with Gasteiger partial charge in [0.05, 0.1) is 0 Å². The van der Waals surface area contributed by atoms with E-state index in [1.165, 1.54) is 6.07 Å². The summed E-state index contributed by atoms with van der Waals surface area (Å²) >= 11 is 0. The topological polar surface area (TPSA) is 70.2 Å². The van der Waals surface area contributed by atoms with Gasteiger partial charge in [0.25, 0.3) is 0 Å². The fourth-order valence-electron chi connectivity index (χ4n) is 1.47. The summed E-state index contributed by atoms with van der Waals surface area (Å²) in [5.41, 5.74) is 1.29. The van der Waals surface area contributed by atoms with Crippen molar-refractivity contribution < 1.29 is 9.90 Å². The van der Waals surface area contributed by atoms with Crippen molar-refractivity contribution >= 4 is 16.9 Å². The van der Waals surface area contributed by atoms with Crippen LogP contribution in [0, 0.1) is 11.8 Å². The Morgan fingerprint density at radius 3 is 2.94 bits per heavy atom. The van der Waals surface area contributed by atoms with Crippen LogP contribution in [0.1, 0.15) is 12.0 Å². The Bertz CT molecular complexity index is 689. The second-order valence-electron chi connectivity index (χ2n) is 3.47. The molecule has 0 aliphatic rings. The second kappa shape index (κ2) is 4.54. The van der Waals surface area contributed by atoms with Crippen LogP contribution in [0.25, 0.3) is 10.9 Å². The molecule has 0 saturated heterocycles. The summed E-state index contributed by atoms with van der Waals surface area (Å²) in [7, 11) is 0. The lowest BCUT2D eigenvalue weighted by atomic mass is 10.1. The Morgan fingerprint density at radius 1 is 1.35 bits per heavy atom. The minimum atomic E-state index is -0.962. The zero-order valence-electron chi connectivity index (χ0n) is 8.86. The number of carboxylic acid groups (broad SMARTS) is 1. The number of pyridine rings is 1. The molecule has 4 heteroatoms. The number of H-pyrrole nitrogens is 1. The average molecular weight is 227 g/mol. The van der Waals surface area contributed by atoms with Gasteiger partial charge in [0, 0.05) is 28.7 Å². The van der Waals surface area contributed by atoms with Crippen LogP contribution in [-0.4, -0.2) is 16.1 Å². The van der Waals surface area contributed by atoms with E-state index in [4.69, 9.17) is 5.11 Å². The Morgan fingerprint density at radius 2 is 2.18 bits per heavy atom. The highest BCUT2D eigenvalue weighted by Gasteiger charge is 1.98. The Kier molecular flexibility index (Phi) is 2.93. The number of carboxylic acids is 1. The maximum atomic E-state index is 11.6. The van der Waals surface area contributed by atoms with Crippen LogP contribution >= 0.6 is 0 Å². The number of benzene rings is 1. The smallest absolute Gasteiger partial charge is 0.315 e. The molecule has 1 heterocycles. The Labute approximate surface area is 96.9 Å². The number of carbonyl (C=O) groups is 1. The summed E-state index contributed by atoms with van der Waals surface area (Å²) in [6.45, 7) is 0. The van der Waals surface area contributed by atoms with Gasteiger partial charge in [-0.25, -0.2) is 0 Å². The summed E-state index contributed by atoms with van der Waals surface area (Å²) in [5, 5.41) is 9.00. The van der Waals surface area contributed by atoms with E-state index in [0.717, 1.165) is 5.52 Å². The molecule has 84 valence electrons. The van der Waals surface area contributed by atoms with E-state index in [9.17, 15) is 9.59 Å². The fraction of sp³-hybridized carbons (Fsp3) is 0.0769. The zero-order chi connectivity index (χ0) is 12.3. The molecule has 0 unspecified atom stereocenters. The number of aliphatic carboxylic acids is 1. The molecule has 1 aromatic carbocycles. The summed E-state index contributed by atoms with van der Waals surface area (Å²) in [4.78, 5) is 24.8. The van der Waals surface area contributed by atoms with Crippen molar-refractivity contribution in [1.82, 2.24) is 4.98 Å². The lowest BCUT2D eigenvalue weighted by Gasteiger charge is -1.96. The largest absolute Gasteiger partial charge is 0.481 e. The van der Waals surface area contributed by atoms with Gasteiger partial charge in [-0.3, -0.25) is 9.59 Å². The predicted molar refractivity (Wildman–Crippen MR) is 63.7 cm³/mol. The van der Waals surface area contributed by atoms with Gasteiger partial charge >= 0.3 is 5.97 Å². The number of fused-ring (bicyclic) bond motifs is 1. The highest BCUT2D eigenvalue weighted by atomic mass is 16.4. The average Bonchev–Trinajstić information content (AvgIpc) is 2.30. The summed E-state index contributed by atoms with van der Waals surface area (Å²) in [6, 6.07) is 6.59. The monoisotopic (exact) mass is 227 g/mol. The second-order valence-corrected chi connectivity index (χ2v) is 3.47. The third-order valence-electron chi connectivity index (χ3n) is 2.23. The lowest BCUT2D eigenvalue weighted by molar-refractivity contribution is -0.135. The van der Waals surface area contributed by atoms with Gasteiger partial charge in [0.15, 0.2) is 5.43 Å². The first-order valence-electron chi connectivity index (χ1n) is 4.99. The SMILES string of the molecule is O=C(O)CC#Cc1ccc2[nH]ccc(=O)c2c1. The molecule has 0 fully saturated rings. The highest BCUT2D eigenvalue weighted by molar-refractivity contribution is 5.79. The molecule has 0 aliphatic carbocycles. The maximum Gasteiger partial charge on any atom is 0.315 e.